The molecule has 0 aliphatic carbocycles. The molecule has 2 nitrogen and oxygen atoms in total. The number of nitrogens with one attached hydrogen (secondary N) is 1. The van der Waals surface area contributed by atoms with Gasteiger partial charge in [-0.15, -0.1) is 20.7 Å². The first kappa shape index (κ1) is 9.94. The van der Waals surface area contributed by atoms with E-state index < -0.39 is 0 Å². The lowest BCUT2D eigenvalue weighted by Crippen LogP contribution is -2.07. The Morgan fingerprint density at radius 3 is 2.80 bits per heavy atom. The smallest absolute Gasteiger partial charge is 0.0328 e. The van der Waals surface area contributed by atoms with Crippen LogP contribution in [0.2, 0.25) is 0 Å². The second-order valence-electron chi connectivity index (χ2n) is 1.79. The summed E-state index contributed by atoms with van der Waals surface area (Å²) in [6.07, 6.45) is 3.95. The van der Waals surface area contributed by atoms with Crippen LogP contribution in [0.1, 0.15) is 6.92 Å². The monoisotopic (exact) mass is 254 g/mol. The quantitative estimate of drug-likeness (QED) is 0.602. The fourth-order valence-corrected chi connectivity index (χ4v) is 1.60. The molecule has 0 bridgehead atoms. The van der Waals surface area contributed by atoms with Crippen LogP contribution in [0, 0.1) is 0 Å². The molecular formula is C7H15IN2. The van der Waals surface area contributed by atoms with Crippen molar-refractivity contribution in [2.24, 2.45) is 0 Å². The van der Waals surface area contributed by atoms with Crippen LogP contribution >= 0.6 is 20.7 Å². The van der Waals surface area contributed by atoms with Gasteiger partial charge in [-0.05, 0) is 4.43 Å². The minimum absolute atomic E-state index is 0.292. The van der Waals surface area contributed by atoms with Crippen LogP contribution in [0.4, 0.5) is 0 Å². The van der Waals surface area contributed by atoms with Gasteiger partial charge in [-0.3, -0.25) is 0 Å². The van der Waals surface area contributed by atoms with Gasteiger partial charge in [0.25, 0.3) is 0 Å². The number of nitrogens with zero attached hydrogens (tertiary/aromatic N) is 1. The Balaban J connectivity index is 3.52. The highest BCUT2D eigenvalue weighted by Gasteiger charge is 1.78. The first-order valence-electron chi connectivity index (χ1n) is 3.28. The van der Waals surface area contributed by atoms with Crippen molar-refractivity contribution in [2.75, 3.05) is 18.5 Å². The summed E-state index contributed by atoms with van der Waals surface area (Å²) in [7, 11) is 3.96. The molecule has 0 aromatic carbocycles. The molecular weight excluding hydrogens is 239 g/mol. The third kappa shape index (κ3) is 6.07. The zero-order valence-electron chi connectivity index (χ0n) is 6.76. The Morgan fingerprint density at radius 1 is 1.60 bits per heavy atom. The van der Waals surface area contributed by atoms with E-state index in [1.807, 2.05) is 19.4 Å². The maximum Gasteiger partial charge on any atom is 0.0328 e. The van der Waals surface area contributed by atoms with Gasteiger partial charge in [0.15, 0.2) is 0 Å². The van der Waals surface area contributed by atoms with Gasteiger partial charge >= 0.3 is 0 Å². The molecule has 0 fully saturated rings. The highest BCUT2D eigenvalue weighted by molar-refractivity contribution is 14.2. The van der Waals surface area contributed by atoms with Crippen molar-refractivity contribution in [3.63, 3.8) is 0 Å². The van der Waals surface area contributed by atoms with Gasteiger partial charge < -0.3 is 10.2 Å². The molecule has 0 amide bonds. The maximum atomic E-state index is 2.95. The highest BCUT2D eigenvalue weighted by atomic mass is 127. The van der Waals surface area contributed by atoms with E-state index in [1.54, 1.807) is 0 Å². The summed E-state index contributed by atoms with van der Waals surface area (Å²) in [5, 5.41) is 2.95. The Labute approximate surface area is 73.0 Å². The largest absolute Gasteiger partial charge is 0.393 e. The normalized spacial score (nSPS) is 11.9. The van der Waals surface area contributed by atoms with Crippen LogP contribution in [-0.4, -0.2) is 27.6 Å². The SMILES string of the molecule is CCI=CN(C)/C=C\NC. The Morgan fingerprint density at radius 2 is 2.30 bits per heavy atom. The van der Waals surface area contributed by atoms with Crippen LogP contribution in [0.25, 0.3) is 0 Å². The first-order valence-corrected chi connectivity index (χ1v) is 6.05. The van der Waals surface area contributed by atoms with E-state index in [0.29, 0.717) is 20.7 Å². The molecule has 0 spiro atoms. The van der Waals surface area contributed by atoms with Gasteiger partial charge in [0.2, 0.25) is 0 Å². The third-order valence-electron chi connectivity index (χ3n) is 0.854. The van der Waals surface area contributed by atoms with E-state index in [9.17, 15) is 0 Å². The molecule has 0 radical (unpaired) electrons. The molecule has 60 valence electrons. The predicted octanol–water partition coefficient (Wildman–Crippen LogP) is 1.36. The molecule has 3 heteroatoms. The van der Waals surface area contributed by atoms with E-state index in [4.69, 9.17) is 0 Å². The molecule has 10 heavy (non-hydrogen) atoms. The Hall–Kier alpha value is -0.0600. The number of hydrogen-bond donors (Lipinski definition) is 1. The fourth-order valence-electron chi connectivity index (χ4n) is 0.402. The minimum Gasteiger partial charge on any atom is -0.393 e. The van der Waals surface area contributed by atoms with Crippen molar-refractivity contribution in [1.29, 1.82) is 0 Å². The molecule has 0 rings (SSSR count). The van der Waals surface area contributed by atoms with Crippen LogP contribution in [0.15, 0.2) is 12.4 Å². The van der Waals surface area contributed by atoms with E-state index in [2.05, 4.69) is 28.3 Å². The van der Waals surface area contributed by atoms with Gasteiger partial charge in [0, 0.05) is 30.6 Å². The lowest BCUT2D eigenvalue weighted by molar-refractivity contribution is 0.716. The van der Waals surface area contributed by atoms with Crippen LogP contribution in [-0.2, 0) is 0 Å². The summed E-state index contributed by atoms with van der Waals surface area (Å²) >= 11 is 0.292. The summed E-state index contributed by atoms with van der Waals surface area (Å²) in [6, 6.07) is 0. The summed E-state index contributed by atoms with van der Waals surface area (Å²) in [5.74, 6) is 0. The molecule has 1 N–H and O–H groups in total. The van der Waals surface area contributed by atoms with E-state index in [0.717, 1.165) is 0 Å². The lowest BCUT2D eigenvalue weighted by atomic mass is 10.8. The molecule has 0 saturated heterocycles. The molecule has 0 aliphatic heterocycles. The van der Waals surface area contributed by atoms with E-state index in [-0.39, 0.29) is 0 Å². The Bertz CT molecular complexity index is 107. The van der Waals surface area contributed by atoms with Crippen molar-refractivity contribution in [3.05, 3.63) is 12.4 Å². The van der Waals surface area contributed by atoms with E-state index in [1.165, 1.54) is 4.43 Å². The topological polar surface area (TPSA) is 15.3 Å². The average Bonchev–Trinajstić information content (AvgIpc) is 1.97. The van der Waals surface area contributed by atoms with Crippen molar-refractivity contribution in [2.45, 2.75) is 6.92 Å². The lowest BCUT2D eigenvalue weighted by Gasteiger charge is -2.04. The van der Waals surface area contributed by atoms with Crippen molar-refractivity contribution in [3.8, 4) is 0 Å². The number of alkyl halides is 1. The van der Waals surface area contributed by atoms with Crippen LogP contribution < -0.4 is 5.32 Å². The van der Waals surface area contributed by atoms with E-state index >= 15 is 0 Å². The molecule has 0 heterocycles. The van der Waals surface area contributed by atoms with Gasteiger partial charge in [-0.25, -0.2) is 0 Å². The number of halogens is 1. The van der Waals surface area contributed by atoms with Crippen molar-refractivity contribution >= 4 is 24.9 Å². The van der Waals surface area contributed by atoms with Crippen LogP contribution in [0.5, 0.6) is 0 Å². The zero-order valence-corrected chi connectivity index (χ0v) is 8.92. The summed E-state index contributed by atoms with van der Waals surface area (Å²) < 4.78 is 3.59. The average molecular weight is 254 g/mol. The van der Waals surface area contributed by atoms with Crippen molar-refractivity contribution < 1.29 is 0 Å². The Kier molecular flexibility index (Phi) is 7.01. The summed E-state index contributed by atoms with van der Waals surface area (Å²) in [5.41, 5.74) is 0. The predicted molar refractivity (Wildman–Crippen MR) is 56.6 cm³/mol. The van der Waals surface area contributed by atoms with Gasteiger partial charge in [0.05, 0.1) is 0 Å². The first-order chi connectivity index (χ1) is 4.81. The second kappa shape index (κ2) is 7.05. The van der Waals surface area contributed by atoms with Crippen molar-refractivity contribution in [1.82, 2.24) is 10.2 Å². The van der Waals surface area contributed by atoms with Crippen LogP contribution in [0.3, 0.4) is 0 Å². The highest BCUT2D eigenvalue weighted by Crippen LogP contribution is 1.93. The summed E-state index contributed by atoms with van der Waals surface area (Å²) in [6.45, 7) is 2.22. The zero-order chi connectivity index (χ0) is 7.82. The second-order valence-corrected chi connectivity index (χ2v) is 4.75. The van der Waals surface area contributed by atoms with Gasteiger partial charge in [-0.1, -0.05) is 6.92 Å². The fraction of sp³-hybridized carbons (Fsp3) is 0.571. The minimum atomic E-state index is 0.292. The summed E-state index contributed by atoms with van der Waals surface area (Å²) in [4.78, 5) is 2.10. The molecule has 0 aliphatic rings. The number of rotatable bonds is 4. The third-order valence-corrected chi connectivity index (χ3v) is 3.01. The number of hydrogen-bond acceptors (Lipinski definition) is 2. The molecule has 0 aromatic rings. The molecule has 0 atom stereocenters. The molecule has 0 saturated carbocycles. The van der Waals surface area contributed by atoms with Gasteiger partial charge in [-0.2, -0.15) is 0 Å². The molecule has 0 aromatic heterocycles. The standard InChI is InChI=1S/C7H15IN2/c1-4-8-7-10(3)6-5-9-2/h5-7,9H,4H2,1-3H3/b6-5-. The van der Waals surface area contributed by atoms with Gasteiger partial charge in [0.1, 0.15) is 0 Å². The maximum absolute atomic E-state index is 2.95. The molecule has 0 unspecified atom stereocenters.